The van der Waals surface area contributed by atoms with Gasteiger partial charge in [0.25, 0.3) is 0 Å². The minimum absolute atomic E-state index is 0.331. The van der Waals surface area contributed by atoms with Gasteiger partial charge in [-0.3, -0.25) is 4.79 Å². The quantitative estimate of drug-likeness (QED) is 0.700. The lowest BCUT2D eigenvalue weighted by Crippen LogP contribution is -2.12. The van der Waals surface area contributed by atoms with Crippen LogP contribution in [-0.2, 0) is 9.53 Å². The largest absolute Gasteiger partial charge is 0.461 e. The summed E-state index contributed by atoms with van der Waals surface area (Å²) in [7, 11) is 0. The summed E-state index contributed by atoms with van der Waals surface area (Å²) in [5.74, 6) is 0.332. The molecule has 7 heteroatoms. The number of H-pyrrole nitrogens is 1. The second-order valence-electron chi connectivity index (χ2n) is 6.44. The molecular formula is C19H19N3O3S. The maximum atomic E-state index is 11.9. The van der Waals surface area contributed by atoms with E-state index in [1.165, 1.54) is 11.3 Å². The highest BCUT2D eigenvalue weighted by molar-refractivity contribution is 7.11. The van der Waals surface area contributed by atoms with Gasteiger partial charge < -0.3 is 9.72 Å². The molecule has 3 heterocycles. The number of hydrogen-bond donors (Lipinski definition) is 1. The van der Waals surface area contributed by atoms with Crippen molar-refractivity contribution in [2.24, 2.45) is 0 Å². The van der Waals surface area contributed by atoms with Crippen LogP contribution in [0.1, 0.15) is 53.9 Å². The molecule has 0 amide bonds. The Kier molecular flexibility index (Phi) is 4.55. The number of rotatable bonds is 4. The third-order valence-electron chi connectivity index (χ3n) is 4.80. The van der Waals surface area contributed by atoms with Gasteiger partial charge in [0.1, 0.15) is 11.4 Å². The van der Waals surface area contributed by atoms with Crippen LogP contribution in [0.25, 0.3) is 22.3 Å². The number of esters is 1. The number of carbonyl (C=O) groups is 2. The molecule has 4 rings (SSSR count). The van der Waals surface area contributed by atoms with Crippen molar-refractivity contribution in [1.29, 1.82) is 0 Å². The summed E-state index contributed by atoms with van der Waals surface area (Å²) in [4.78, 5) is 35.5. The number of thiazole rings is 1. The number of pyridine rings is 1. The predicted molar refractivity (Wildman–Crippen MR) is 99.4 cm³/mol. The fourth-order valence-corrected chi connectivity index (χ4v) is 4.12. The summed E-state index contributed by atoms with van der Waals surface area (Å²) in [6.45, 7) is 2.11. The molecule has 0 aliphatic heterocycles. The van der Waals surface area contributed by atoms with E-state index >= 15 is 0 Å². The number of hydrogen-bond acceptors (Lipinski definition) is 6. The molecular weight excluding hydrogens is 350 g/mol. The molecule has 0 bridgehead atoms. The van der Waals surface area contributed by atoms with Crippen LogP contribution in [0.5, 0.6) is 0 Å². The number of Topliss-reactive ketones (excluding diaryl/α,β-unsaturated/α-hetero) is 1. The highest BCUT2D eigenvalue weighted by Gasteiger charge is 2.22. The Bertz CT molecular complexity index is 965. The van der Waals surface area contributed by atoms with Crippen LogP contribution in [0.2, 0.25) is 0 Å². The fraction of sp³-hybridized carbons (Fsp3) is 0.368. The van der Waals surface area contributed by atoms with E-state index in [2.05, 4.69) is 21.0 Å². The highest BCUT2D eigenvalue weighted by atomic mass is 32.1. The van der Waals surface area contributed by atoms with E-state index in [-0.39, 0.29) is 0 Å². The topological polar surface area (TPSA) is 84.9 Å². The molecule has 0 radical (unpaired) electrons. The molecule has 0 aromatic carbocycles. The zero-order valence-electron chi connectivity index (χ0n) is 14.4. The lowest BCUT2D eigenvalue weighted by atomic mass is 9.84. The van der Waals surface area contributed by atoms with E-state index in [0.717, 1.165) is 40.7 Å². The molecule has 1 aliphatic rings. The summed E-state index contributed by atoms with van der Waals surface area (Å²) in [6.07, 6.45) is 6.84. The van der Waals surface area contributed by atoms with Gasteiger partial charge in [-0.25, -0.2) is 14.8 Å². The van der Waals surface area contributed by atoms with Gasteiger partial charge in [-0.05, 0) is 37.3 Å². The van der Waals surface area contributed by atoms with Crippen LogP contribution in [0.15, 0.2) is 23.8 Å². The third kappa shape index (κ3) is 3.14. The van der Waals surface area contributed by atoms with Gasteiger partial charge in [0.2, 0.25) is 5.01 Å². The molecule has 3 aromatic rings. The smallest absolute Gasteiger partial charge is 0.367 e. The molecule has 134 valence electrons. The van der Waals surface area contributed by atoms with Crippen molar-refractivity contribution < 1.29 is 14.3 Å². The van der Waals surface area contributed by atoms with Gasteiger partial charge in [-0.1, -0.05) is 0 Å². The Balaban J connectivity index is 1.67. The van der Waals surface area contributed by atoms with E-state index in [1.807, 2.05) is 17.8 Å². The van der Waals surface area contributed by atoms with Gasteiger partial charge >= 0.3 is 5.97 Å². The molecule has 0 spiro atoms. The predicted octanol–water partition coefficient (Wildman–Crippen LogP) is 4.09. The second-order valence-corrected chi connectivity index (χ2v) is 7.30. The summed E-state index contributed by atoms with van der Waals surface area (Å²) < 4.78 is 5.01. The summed E-state index contributed by atoms with van der Waals surface area (Å²) in [5, 5.41) is 3.20. The molecule has 0 saturated heterocycles. The normalized spacial score (nSPS) is 15.5. The number of nitrogens with one attached hydrogen (secondary N) is 1. The lowest BCUT2D eigenvalue weighted by Gasteiger charge is -2.21. The number of nitrogens with zero attached hydrogens (tertiary/aromatic N) is 2. The zero-order valence-corrected chi connectivity index (χ0v) is 15.3. The number of ether oxygens (including phenoxy) is 1. The third-order valence-corrected chi connectivity index (χ3v) is 5.62. The average molecular weight is 369 g/mol. The number of aromatic nitrogens is 3. The number of aromatic amines is 1. The summed E-state index contributed by atoms with van der Waals surface area (Å²) >= 11 is 1.28. The van der Waals surface area contributed by atoms with E-state index < -0.39 is 5.97 Å². The first-order valence-corrected chi connectivity index (χ1v) is 9.65. The molecule has 1 N–H and O–H groups in total. The van der Waals surface area contributed by atoms with Crippen LogP contribution in [0, 0.1) is 0 Å². The van der Waals surface area contributed by atoms with Crippen molar-refractivity contribution in [3.63, 3.8) is 0 Å². The standard InChI is InChI=1S/C19H19N3O3S/c1-2-25-19(24)18-22-16(10-26-18)15-9-21-17-14(15)7-12(8-20-17)11-3-5-13(23)6-4-11/h7-11H,2-6H2,1H3,(H,20,21). The van der Waals surface area contributed by atoms with Gasteiger partial charge in [0.05, 0.1) is 12.3 Å². The SMILES string of the molecule is CCOC(=O)c1nc(-c2c[nH]c3ncc(C4CCC(=O)CC4)cc23)cs1. The Labute approximate surface area is 154 Å². The number of fused-ring (bicyclic) bond motifs is 1. The van der Waals surface area contributed by atoms with E-state index in [4.69, 9.17) is 4.74 Å². The van der Waals surface area contributed by atoms with Crippen molar-refractivity contribution in [1.82, 2.24) is 15.0 Å². The molecule has 26 heavy (non-hydrogen) atoms. The Morgan fingerprint density at radius 2 is 2.19 bits per heavy atom. The van der Waals surface area contributed by atoms with Crippen molar-refractivity contribution in [2.75, 3.05) is 6.61 Å². The molecule has 1 aliphatic carbocycles. The molecule has 0 unspecified atom stereocenters. The first kappa shape index (κ1) is 16.9. The average Bonchev–Trinajstić information content (AvgIpc) is 3.29. The minimum atomic E-state index is -0.394. The van der Waals surface area contributed by atoms with E-state index in [0.29, 0.717) is 36.2 Å². The van der Waals surface area contributed by atoms with Crippen LogP contribution < -0.4 is 0 Å². The van der Waals surface area contributed by atoms with E-state index in [1.54, 1.807) is 6.92 Å². The second kappa shape index (κ2) is 6.99. The van der Waals surface area contributed by atoms with Gasteiger partial charge in [0, 0.05) is 41.6 Å². The first-order chi connectivity index (χ1) is 12.7. The van der Waals surface area contributed by atoms with Gasteiger partial charge in [-0.2, -0.15) is 0 Å². The lowest BCUT2D eigenvalue weighted by molar-refractivity contribution is -0.120. The van der Waals surface area contributed by atoms with Crippen molar-refractivity contribution in [3.8, 4) is 11.3 Å². The highest BCUT2D eigenvalue weighted by Crippen LogP contribution is 2.35. The molecule has 1 fully saturated rings. The Morgan fingerprint density at radius 3 is 2.96 bits per heavy atom. The molecule has 1 saturated carbocycles. The fourth-order valence-electron chi connectivity index (χ4n) is 3.41. The van der Waals surface area contributed by atoms with E-state index in [9.17, 15) is 9.59 Å². The van der Waals surface area contributed by atoms with Crippen LogP contribution >= 0.6 is 11.3 Å². The van der Waals surface area contributed by atoms with Crippen molar-refractivity contribution in [2.45, 2.75) is 38.5 Å². The molecule has 6 nitrogen and oxygen atoms in total. The summed E-state index contributed by atoms with van der Waals surface area (Å²) in [5.41, 5.74) is 3.61. The minimum Gasteiger partial charge on any atom is -0.461 e. The Hall–Kier alpha value is -2.54. The van der Waals surface area contributed by atoms with Crippen LogP contribution in [-0.4, -0.2) is 33.3 Å². The maximum absolute atomic E-state index is 11.9. The Morgan fingerprint density at radius 1 is 1.38 bits per heavy atom. The maximum Gasteiger partial charge on any atom is 0.367 e. The molecule has 3 aromatic heterocycles. The summed E-state index contributed by atoms with van der Waals surface area (Å²) in [6, 6.07) is 2.14. The van der Waals surface area contributed by atoms with Crippen LogP contribution in [0.4, 0.5) is 0 Å². The monoisotopic (exact) mass is 369 g/mol. The van der Waals surface area contributed by atoms with Gasteiger partial charge in [0.15, 0.2) is 0 Å². The zero-order chi connectivity index (χ0) is 18.1. The van der Waals surface area contributed by atoms with Crippen molar-refractivity contribution >= 4 is 34.1 Å². The van der Waals surface area contributed by atoms with Crippen LogP contribution in [0.3, 0.4) is 0 Å². The van der Waals surface area contributed by atoms with Gasteiger partial charge in [-0.15, -0.1) is 11.3 Å². The molecule has 0 atom stereocenters. The van der Waals surface area contributed by atoms with Crippen molar-refractivity contribution in [3.05, 3.63) is 34.4 Å². The number of carbonyl (C=O) groups excluding carboxylic acids is 2. The first-order valence-electron chi connectivity index (χ1n) is 8.77. The number of ketones is 1.